The van der Waals surface area contributed by atoms with Crippen LogP contribution < -0.4 is 15.0 Å². The van der Waals surface area contributed by atoms with E-state index in [9.17, 15) is 10.4 Å². The quantitative estimate of drug-likeness (QED) is 0.716. The lowest BCUT2D eigenvalue weighted by molar-refractivity contribution is 0.263. The fourth-order valence-corrected chi connectivity index (χ4v) is 1.28. The lowest BCUT2D eigenvalue weighted by Crippen LogP contribution is -2.27. The summed E-state index contributed by atoms with van der Waals surface area (Å²) >= 11 is 0. The first-order valence-electron chi connectivity index (χ1n) is 5.35. The zero-order valence-corrected chi connectivity index (χ0v) is 10.5. The van der Waals surface area contributed by atoms with E-state index in [-0.39, 0.29) is 11.9 Å². The Morgan fingerprint density at radius 2 is 1.18 bits per heavy atom. The van der Waals surface area contributed by atoms with Gasteiger partial charge >= 0.3 is 0 Å². The van der Waals surface area contributed by atoms with E-state index in [4.69, 9.17) is 0 Å². The Labute approximate surface area is 100 Å². The highest BCUT2D eigenvalue weighted by Crippen LogP contribution is 2.15. The second kappa shape index (κ2) is 5.60. The molecule has 1 heterocycles. The summed E-state index contributed by atoms with van der Waals surface area (Å²) in [5, 5.41) is 20.2. The SMILES string of the molecule is CCN(CC)c1nc(N(C)O)nc(N(C)O)n1. The van der Waals surface area contributed by atoms with Crippen LogP contribution in [0.15, 0.2) is 0 Å². The summed E-state index contributed by atoms with van der Waals surface area (Å²) < 4.78 is 0. The summed E-state index contributed by atoms with van der Waals surface area (Å²) in [6.07, 6.45) is 0. The molecule has 2 N–H and O–H groups in total. The second-order valence-electron chi connectivity index (χ2n) is 3.45. The highest BCUT2D eigenvalue weighted by Gasteiger charge is 2.14. The third-order valence-electron chi connectivity index (χ3n) is 2.23. The number of aromatic nitrogens is 3. The molecule has 0 unspecified atom stereocenters. The van der Waals surface area contributed by atoms with Crippen molar-refractivity contribution in [3.05, 3.63) is 0 Å². The number of rotatable bonds is 5. The highest BCUT2D eigenvalue weighted by molar-refractivity contribution is 5.43. The van der Waals surface area contributed by atoms with Gasteiger partial charge in [0.15, 0.2) is 0 Å². The molecule has 0 amide bonds. The molecular formula is C9H18N6O2. The first-order valence-corrected chi connectivity index (χ1v) is 5.35. The van der Waals surface area contributed by atoms with Crippen LogP contribution in [0.4, 0.5) is 17.8 Å². The van der Waals surface area contributed by atoms with E-state index in [0.29, 0.717) is 5.95 Å². The van der Waals surface area contributed by atoms with Crippen LogP contribution in [0.25, 0.3) is 0 Å². The lowest BCUT2D eigenvalue weighted by Gasteiger charge is -2.21. The van der Waals surface area contributed by atoms with Crippen molar-refractivity contribution in [1.29, 1.82) is 0 Å². The third kappa shape index (κ3) is 3.14. The molecule has 0 fully saturated rings. The Hall–Kier alpha value is -1.67. The maximum absolute atomic E-state index is 9.34. The van der Waals surface area contributed by atoms with Crippen LogP contribution in [0.5, 0.6) is 0 Å². The minimum absolute atomic E-state index is 0.0813. The lowest BCUT2D eigenvalue weighted by atomic mass is 10.5. The van der Waals surface area contributed by atoms with Crippen LogP contribution in [0, 0.1) is 0 Å². The van der Waals surface area contributed by atoms with Crippen LogP contribution in [0.1, 0.15) is 13.8 Å². The fraction of sp³-hybridized carbons (Fsp3) is 0.667. The predicted octanol–water partition coefficient (Wildman–Crippen LogP) is 0.369. The highest BCUT2D eigenvalue weighted by atomic mass is 16.5. The number of anilines is 3. The van der Waals surface area contributed by atoms with E-state index in [1.165, 1.54) is 14.1 Å². The van der Waals surface area contributed by atoms with E-state index in [0.717, 1.165) is 23.2 Å². The first kappa shape index (κ1) is 13.4. The van der Waals surface area contributed by atoms with Crippen LogP contribution in [0.2, 0.25) is 0 Å². The van der Waals surface area contributed by atoms with Gasteiger partial charge in [0.05, 0.1) is 0 Å². The number of hydrogen-bond donors (Lipinski definition) is 2. The maximum Gasteiger partial charge on any atom is 0.256 e. The average Bonchev–Trinajstić information content (AvgIpc) is 2.30. The van der Waals surface area contributed by atoms with Gasteiger partial charge in [0, 0.05) is 27.2 Å². The summed E-state index contributed by atoms with van der Waals surface area (Å²) in [4.78, 5) is 14.0. The van der Waals surface area contributed by atoms with Gasteiger partial charge in [-0.3, -0.25) is 10.4 Å². The van der Waals surface area contributed by atoms with Crippen molar-refractivity contribution in [2.75, 3.05) is 42.2 Å². The number of hydrogen-bond acceptors (Lipinski definition) is 8. The summed E-state index contributed by atoms with van der Waals surface area (Å²) in [6.45, 7) is 5.39. The van der Waals surface area contributed by atoms with Gasteiger partial charge in [-0.25, -0.2) is 10.1 Å². The molecule has 0 saturated carbocycles. The molecule has 0 aliphatic heterocycles. The Morgan fingerprint density at radius 3 is 1.47 bits per heavy atom. The molecule has 8 nitrogen and oxygen atoms in total. The monoisotopic (exact) mass is 242 g/mol. The van der Waals surface area contributed by atoms with Crippen molar-refractivity contribution in [2.45, 2.75) is 13.8 Å². The molecule has 0 aliphatic rings. The molecule has 1 rings (SSSR count). The Morgan fingerprint density at radius 1 is 0.824 bits per heavy atom. The molecule has 0 spiro atoms. The van der Waals surface area contributed by atoms with E-state index < -0.39 is 0 Å². The number of hydroxylamine groups is 2. The van der Waals surface area contributed by atoms with E-state index >= 15 is 0 Å². The van der Waals surface area contributed by atoms with Gasteiger partial charge in [-0.15, -0.1) is 0 Å². The Bertz CT molecular complexity index is 340. The molecule has 0 atom stereocenters. The van der Waals surface area contributed by atoms with Gasteiger partial charge in [-0.05, 0) is 13.8 Å². The van der Waals surface area contributed by atoms with Gasteiger partial charge in [-0.1, -0.05) is 0 Å². The molecule has 17 heavy (non-hydrogen) atoms. The van der Waals surface area contributed by atoms with Gasteiger partial charge in [-0.2, -0.15) is 15.0 Å². The second-order valence-corrected chi connectivity index (χ2v) is 3.45. The molecule has 0 saturated heterocycles. The van der Waals surface area contributed by atoms with Crippen molar-refractivity contribution in [1.82, 2.24) is 15.0 Å². The third-order valence-corrected chi connectivity index (χ3v) is 2.23. The van der Waals surface area contributed by atoms with Crippen molar-refractivity contribution in [2.24, 2.45) is 0 Å². The molecule has 0 aliphatic carbocycles. The zero-order valence-electron chi connectivity index (χ0n) is 10.5. The van der Waals surface area contributed by atoms with Gasteiger partial charge < -0.3 is 4.90 Å². The summed E-state index contributed by atoms with van der Waals surface area (Å²) in [5.74, 6) is 0.576. The predicted molar refractivity (Wildman–Crippen MR) is 63.8 cm³/mol. The molecule has 1 aromatic rings. The summed E-state index contributed by atoms with van der Waals surface area (Å²) in [7, 11) is 2.81. The van der Waals surface area contributed by atoms with Crippen molar-refractivity contribution < 1.29 is 10.4 Å². The normalized spacial score (nSPS) is 10.2. The first-order chi connectivity index (χ1) is 7.99. The largest absolute Gasteiger partial charge is 0.341 e. The number of nitrogens with zero attached hydrogens (tertiary/aromatic N) is 6. The van der Waals surface area contributed by atoms with Crippen molar-refractivity contribution in [3.8, 4) is 0 Å². The molecule has 0 radical (unpaired) electrons. The van der Waals surface area contributed by atoms with E-state index in [1.807, 2.05) is 18.7 Å². The van der Waals surface area contributed by atoms with Gasteiger partial charge in [0.25, 0.3) is 11.9 Å². The minimum atomic E-state index is 0.0813. The van der Waals surface area contributed by atoms with Crippen molar-refractivity contribution >= 4 is 17.8 Å². The zero-order chi connectivity index (χ0) is 13.0. The fourth-order valence-electron chi connectivity index (χ4n) is 1.28. The van der Waals surface area contributed by atoms with Crippen LogP contribution in [0.3, 0.4) is 0 Å². The standard InChI is InChI=1S/C9H18N6O2/c1-5-15(6-2)9-11-7(13(3)16)10-8(12-9)14(4)17/h16-17H,5-6H2,1-4H3. The smallest absolute Gasteiger partial charge is 0.256 e. The van der Waals surface area contributed by atoms with Gasteiger partial charge in [0.2, 0.25) is 5.95 Å². The van der Waals surface area contributed by atoms with Crippen LogP contribution in [-0.4, -0.2) is 52.6 Å². The van der Waals surface area contributed by atoms with E-state index in [2.05, 4.69) is 15.0 Å². The topological polar surface area (TPSA) is 88.9 Å². The minimum Gasteiger partial charge on any atom is -0.341 e. The average molecular weight is 242 g/mol. The maximum atomic E-state index is 9.34. The molecule has 1 aromatic heterocycles. The Balaban J connectivity index is 3.20. The summed E-state index contributed by atoms with van der Waals surface area (Å²) in [5.41, 5.74) is 0. The summed E-state index contributed by atoms with van der Waals surface area (Å²) in [6, 6.07) is 0. The molecule has 0 aromatic carbocycles. The van der Waals surface area contributed by atoms with Gasteiger partial charge in [0.1, 0.15) is 0 Å². The Kier molecular flexibility index (Phi) is 4.41. The van der Waals surface area contributed by atoms with E-state index in [1.54, 1.807) is 0 Å². The van der Waals surface area contributed by atoms with Crippen molar-refractivity contribution in [3.63, 3.8) is 0 Å². The van der Waals surface area contributed by atoms with Crippen LogP contribution >= 0.6 is 0 Å². The molecular weight excluding hydrogens is 224 g/mol. The van der Waals surface area contributed by atoms with Crippen LogP contribution in [-0.2, 0) is 0 Å². The molecule has 96 valence electrons. The molecule has 0 bridgehead atoms. The molecule has 8 heteroatoms.